The number of aromatic nitrogens is 2. The molecule has 7 nitrogen and oxygen atoms in total. The molecule has 0 bridgehead atoms. The van der Waals surface area contributed by atoms with Gasteiger partial charge >= 0.3 is 5.97 Å². The fraction of sp³-hybridized carbons (Fsp3) is 0.250. The number of halogens is 2. The second-order valence-electron chi connectivity index (χ2n) is 9.09. The third-order valence-electron chi connectivity index (χ3n) is 6.61. The summed E-state index contributed by atoms with van der Waals surface area (Å²) in [7, 11) is 1.35. The minimum Gasteiger partial charge on any atom is -0.487 e. The van der Waals surface area contributed by atoms with Gasteiger partial charge in [0.25, 0.3) is 0 Å². The van der Waals surface area contributed by atoms with Crippen LogP contribution in [0.2, 0.25) is 10.0 Å². The number of fused-ring (bicyclic) bond motifs is 2. The van der Waals surface area contributed by atoms with E-state index in [2.05, 4.69) is 10.1 Å². The Balaban J connectivity index is 1.26. The van der Waals surface area contributed by atoms with Gasteiger partial charge in [0.2, 0.25) is 5.88 Å². The summed E-state index contributed by atoms with van der Waals surface area (Å²) in [6.45, 7) is 0.232. The fourth-order valence-electron chi connectivity index (χ4n) is 4.50. The standard InChI is InChI=1S/C28H22Cl2N2O5/c1-34-28(33)18-10-6-15-5-9-17-11-19(13-31-27(17)36-23(15)12-18)35-14-20-25(32-37-26(20)16-7-8-16)24-21(29)3-2-4-22(24)30/h2-4,6,10-13,16H,5,7-9,14H2,1H3. The molecule has 0 atom stereocenters. The Hall–Kier alpha value is -3.55. The van der Waals surface area contributed by atoms with Crippen LogP contribution in [-0.2, 0) is 24.2 Å². The van der Waals surface area contributed by atoms with Crippen molar-refractivity contribution in [2.75, 3.05) is 7.11 Å². The van der Waals surface area contributed by atoms with E-state index in [1.165, 1.54) is 7.11 Å². The van der Waals surface area contributed by atoms with E-state index in [-0.39, 0.29) is 6.61 Å². The van der Waals surface area contributed by atoms with E-state index in [9.17, 15) is 4.79 Å². The average Bonchev–Trinajstić information content (AvgIpc) is 3.69. The molecular formula is C28H22Cl2N2O5. The van der Waals surface area contributed by atoms with Crippen molar-refractivity contribution < 1.29 is 23.5 Å². The molecule has 3 heterocycles. The van der Waals surface area contributed by atoms with Crippen molar-refractivity contribution in [3.63, 3.8) is 0 Å². The lowest BCUT2D eigenvalue weighted by molar-refractivity contribution is 0.0600. The summed E-state index contributed by atoms with van der Waals surface area (Å²) in [4.78, 5) is 16.4. The Bertz CT molecular complexity index is 1490. The van der Waals surface area contributed by atoms with Crippen molar-refractivity contribution in [3.05, 3.63) is 86.7 Å². The van der Waals surface area contributed by atoms with Crippen LogP contribution in [0.1, 0.15) is 51.6 Å². The molecular weight excluding hydrogens is 515 g/mol. The highest BCUT2D eigenvalue weighted by atomic mass is 35.5. The summed E-state index contributed by atoms with van der Waals surface area (Å²) < 4.78 is 22.8. The topological polar surface area (TPSA) is 83.7 Å². The monoisotopic (exact) mass is 536 g/mol. The van der Waals surface area contributed by atoms with Gasteiger partial charge in [-0.3, -0.25) is 0 Å². The van der Waals surface area contributed by atoms with Crippen LogP contribution in [0.5, 0.6) is 17.4 Å². The molecule has 37 heavy (non-hydrogen) atoms. The molecule has 0 amide bonds. The first-order valence-corrected chi connectivity index (χ1v) is 12.7. The maximum Gasteiger partial charge on any atom is 0.337 e. The molecule has 0 unspecified atom stereocenters. The van der Waals surface area contributed by atoms with Gasteiger partial charge in [-0.2, -0.15) is 0 Å². The van der Waals surface area contributed by atoms with Crippen molar-refractivity contribution >= 4 is 29.2 Å². The van der Waals surface area contributed by atoms with Crippen LogP contribution in [0.3, 0.4) is 0 Å². The Morgan fingerprint density at radius 2 is 1.86 bits per heavy atom. The number of rotatable bonds is 6. The van der Waals surface area contributed by atoms with Gasteiger partial charge in [0, 0.05) is 17.0 Å². The molecule has 0 saturated heterocycles. The van der Waals surface area contributed by atoms with Crippen LogP contribution in [-0.4, -0.2) is 23.2 Å². The number of ether oxygens (including phenoxy) is 3. The zero-order valence-corrected chi connectivity index (χ0v) is 21.4. The van der Waals surface area contributed by atoms with E-state index in [0.29, 0.717) is 56.6 Å². The number of benzene rings is 2. The lowest BCUT2D eigenvalue weighted by Gasteiger charge is -2.12. The molecule has 2 aromatic heterocycles. The molecule has 4 aromatic rings. The molecule has 9 heteroatoms. The van der Waals surface area contributed by atoms with Crippen molar-refractivity contribution in [1.29, 1.82) is 0 Å². The van der Waals surface area contributed by atoms with Crippen LogP contribution in [0.25, 0.3) is 11.3 Å². The van der Waals surface area contributed by atoms with Crippen LogP contribution in [0.4, 0.5) is 0 Å². The van der Waals surface area contributed by atoms with E-state index in [1.807, 2.05) is 12.1 Å². The molecule has 188 valence electrons. The highest BCUT2D eigenvalue weighted by molar-refractivity contribution is 6.39. The van der Waals surface area contributed by atoms with Crippen LogP contribution in [0, 0.1) is 0 Å². The molecule has 2 aliphatic rings. The van der Waals surface area contributed by atoms with E-state index in [0.717, 1.165) is 41.7 Å². The molecule has 0 spiro atoms. The number of pyridine rings is 1. The maximum absolute atomic E-state index is 11.9. The summed E-state index contributed by atoms with van der Waals surface area (Å²) in [5.41, 5.74) is 4.41. The Kier molecular flexibility index (Phi) is 6.26. The van der Waals surface area contributed by atoms with Crippen LogP contribution < -0.4 is 9.47 Å². The number of carbonyl (C=O) groups is 1. The van der Waals surface area contributed by atoms with Gasteiger partial charge in [0.1, 0.15) is 29.6 Å². The normalized spacial score (nSPS) is 14.2. The first kappa shape index (κ1) is 23.8. The van der Waals surface area contributed by atoms with Gasteiger partial charge in [-0.1, -0.05) is 40.5 Å². The zero-order valence-electron chi connectivity index (χ0n) is 19.9. The van der Waals surface area contributed by atoms with E-state index in [1.54, 1.807) is 36.5 Å². The molecule has 1 saturated carbocycles. The van der Waals surface area contributed by atoms with E-state index in [4.69, 9.17) is 41.9 Å². The molecule has 0 N–H and O–H groups in total. The summed E-state index contributed by atoms with van der Waals surface area (Å²) in [6, 6.07) is 12.6. The van der Waals surface area contributed by atoms with Crippen molar-refractivity contribution in [2.45, 2.75) is 38.2 Å². The second kappa shape index (κ2) is 9.72. The van der Waals surface area contributed by atoms with E-state index < -0.39 is 5.97 Å². The largest absolute Gasteiger partial charge is 0.487 e. The van der Waals surface area contributed by atoms with Gasteiger partial charge in [-0.15, -0.1) is 0 Å². The number of aryl methyl sites for hydroxylation is 2. The minimum atomic E-state index is -0.413. The molecule has 1 aliphatic heterocycles. The SMILES string of the molecule is COC(=O)c1ccc2c(c1)Oc1ncc(OCc3c(-c4c(Cl)cccc4Cl)noc3C3CC3)cc1CC2. The predicted octanol–water partition coefficient (Wildman–Crippen LogP) is 7.18. The maximum atomic E-state index is 11.9. The highest BCUT2D eigenvalue weighted by Gasteiger charge is 2.33. The number of esters is 1. The fourth-order valence-corrected chi connectivity index (χ4v) is 5.08. The van der Waals surface area contributed by atoms with E-state index >= 15 is 0 Å². The average molecular weight is 537 g/mol. The Morgan fingerprint density at radius 1 is 1.08 bits per heavy atom. The van der Waals surface area contributed by atoms with Gasteiger partial charge in [0.15, 0.2) is 0 Å². The highest BCUT2D eigenvalue weighted by Crippen LogP contribution is 2.46. The van der Waals surface area contributed by atoms with Gasteiger partial charge < -0.3 is 18.7 Å². The van der Waals surface area contributed by atoms with Gasteiger partial charge in [-0.25, -0.2) is 9.78 Å². The Morgan fingerprint density at radius 3 is 2.62 bits per heavy atom. The number of hydrogen-bond donors (Lipinski definition) is 0. The first-order chi connectivity index (χ1) is 18.0. The quantitative estimate of drug-likeness (QED) is 0.241. The Labute approximate surface area is 223 Å². The summed E-state index contributed by atoms with van der Waals surface area (Å²) in [6.07, 6.45) is 5.18. The predicted molar refractivity (Wildman–Crippen MR) is 138 cm³/mol. The third kappa shape index (κ3) is 4.65. The van der Waals surface area contributed by atoms with Crippen molar-refractivity contribution in [1.82, 2.24) is 10.1 Å². The minimum absolute atomic E-state index is 0.232. The van der Waals surface area contributed by atoms with Crippen LogP contribution >= 0.6 is 23.2 Å². The lowest BCUT2D eigenvalue weighted by atomic mass is 10.0. The lowest BCUT2D eigenvalue weighted by Crippen LogP contribution is -2.02. The molecule has 6 rings (SSSR count). The summed E-state index contributed by atoms with van der Waals surface area (Å²) in [5, 5.41) is 5.33. The smallest absolute Gasteiger partial charge is 0.337 e. The number of carbonyl (C=O) groups excluding carboxylic acids is 1. The van der Waals surface area contributed by atoms with Crippen molar-refractivity contribution in [3.8, 4) is 28.6 Å². The second-order valence-corrected chi connectivity index (χ2v) is 9.90. The number of methoxy groups -OCH3 is 1. The molecule has 1 fully saturated rings. The molecule has 1 aliphatic carbocycles. The summed E-state index contributed by atoms with van der Waals surface area (Å²) >= 11 is 12.9. The van der Waals surface area contributed by atoms with Gasteiger partial charge in [0.05, 0.1) is 34.5 Å². The van der Waals surface area contributed by atoms with Gasteiger partial charge in [-0.05, 0) is 61.6 Å². The number of hydrogen-bond acceptors (Lipinski definition) is 7. The molecule has 0 radical (unpaired) electrons. The third-order valence-corrected chi connectivity index (χ3v) is 7.24. The van der Waals surface area contributed by atoms with Crippen LogP contribution in [0.15, 0.2) is 53.2 Å². The number of nitrogens with zero attached hydrogens (tertiary/aromatic N) is 2. The summed E-state index contributed by atoms with van der Waals surface area (Å²) in [5.74, 6) is 2.41. The zero-order chi connectivity index (χ0) is 25.5. The first-order valence-electron chi connectivity index (χ1n) is 12.0. The molecule has 2 aromatic carbocycles. The van der Waals surface area contributed by atoms with Crippen molar-refractivity contribution in [2.24, 2.45) is 0 Å².